The van der Waals surface area contributed by atoms with Gasteiger partial charge in [-0.25, -0.2) is 0 Å². The van der Waals surface area contributed by atoms with E-state index in [1.54, 1.807) is 0 Å². The number of ketones is 1. The Labute approximate surface area is 157 Å². The van der Waals surface area contributed by atoms with Crippen LogP contribution in [-0.2, 0) is 4.79 Å². The predicted octanol–water partition coefficient (Wildman–Crippen LogP) is 6.06. The molecule has 1 aliphatic heterocycles. The van der Waals surface area contributed by atoms with Crippen molar-refractivity contribution in [3.8, 4) is 0 Å². The number of carbonyl (C=O) groups is 1. The van der Waals surface area contributed by atoms with Crippen molar-refractivity contribution in [2.24, 2.45) is 0 Å². The van der Waals surface area contributed by atoms with Crippen molar-refractivity contribution in [2.75, 3.05) is 5.32 Å². The summed E-state index contributed by atoms with van der Waals surface area (Å²) in [7, 11) is 0. The molecule has 1 N–H and O–H groups in total. The molecule has 3 aromatic rings. The van der Waals surface area contributed by atoms with E-state index in [0.29, 0.717) is 11.4 Å². The average Bonchev–Trinajstić information content (AvgIpc) is 2.67. The second-order valence-corrected chi connectivity index (χ2v) is 7.40. The fraction of sp³-hybridized carbons (Fsp3) is 0.174. The second kappa shape index (κ2) is 6.00. The van der Waals surface area contributed by atoms with Crippen LogP contribution in [0.15, 0.2) is 71.9 Å². The molecule has 1 heterocycles. The highest BCUT2D eigenvalue weighted by molar-refractivity contribution is 6.31. The molecule has 0 saturated carbocycles. The first-order valence-corrected chi connectivity index (χ1v) is 9.41. The lowest BCUT2D eigenvalue weighted by Crippen LogP contribution is -2.27. The Morgan fingerprint density at radius 1 is 0.923 bits per heavy atom. The molecule has 3 heteroatoms. The van der Waals surface area contributed by atoms with Crippen molar-refractivity contribution in [1.82, 2.24) is 0 Å². The zero-order valence-corrected chi connectivity index (χ0v) is 15.0. The van der Waals surface area contributed by atoms with Gasteiger partial charge >= 0.3 is 0 Å². The van der Waals surface area contributed by atoms with Crippen LogP contribution in [0.4, 0.5) is 5.69 Å². The molecule has 2 aliphatic rings. The van der Waals surface area contributed by atoms with E-state index in [9.17, 15) is 4.79 Å². The number of halogens is 1. The molecular weight excluding hydrogens is 342 g/mol. The Morgan fingerprint density at radius 2 is 1.73 bits per heavy atom. The first-order chi connectivity index (χ1) is 12.7. The molecule has 0 aromatic heterocycles. The van der Waals surface area contributed by atoms with Gasteiger partial charge in [-0.2, -0.15) is 0 Å². The van der Waals surface area contributed by atoms with Gasteiger partial charge in [0.25, 0.3) is 0 Å². The number of fused-ring (bicyclic) bond motifs is 3. The molecule has 1 atom stereocenters. The largest absolute Gasteiger partial charge is 0.358 e. The van der Waals surface area contributed by atoms with Crippen molar-refractivity contribution in [2.45, 2.75) is 25.2 Å². The molecule has 0 bridgehead atoms. The third kappa shape index (κ3) is 2.29. The zero-order chi connectivity index (χ0) is 17.7. The molecule has 2 nitrogen and oxygen atoms in total. The molecule has 0 amide bonds. The lowest BCUT2D eigenvalue weighted by Gasteiger charge is -2.35. The van der Waals surface area contributed by atoms with E-state index in [1.165, 1.54) is 10.8 Å². The van der Waals surface area contributed by atoms with Gasteiger partial charge in [-0.3, -0.25) is 4.79 Å². The van der Waals surface area contributed by atoms with Crippen LogP contribution in [0.2, 0.25) is 5.02 Å². The summed E-state index contributed by atoms with van der Waals surface area (Å²) in [5, 5.41) is 6.62. The number of hydrogen-bond donors (Lipinski definition) is 1. The van der Waals surface area contributed by atoms with Gasteiger partial charge in [-0.05, 0) is 46.9 Å². The van der Waals surface area contributed by atoms with Gasteiger partial charge in [0.2, 0.25) is 0 Å². The van der Waals surface area contributed by atoms with E-state index in [2.05, 4.69) is 41.7 Å². The number of carbonyl (C=O) groups excluding carboxylic acids is 1. The van der Waals surface area contributed by atoms with E-state index in [4.69, 9.17) is 11.6 Å². The standard InChI is InChI=1S/C23H18ClNO/c24-17-9-4-3-8-16(17)22-21-15-7-2-1-6-14(15)12-13-19(21)25-18-10-5-11-20(26)23(18)22/h1-4,6-9,12-13,22,25H,5,10-11H2/t22-/m1/s1. The summed E-state index contributed by atoms with van der Waals surface area (Å²) in [4.78, 5) is 12.9. The minimum absolute atomic E-state index is 0.117. The van der Waals surface area contributed by atoms with Gasteiger partial charge < -0.3 is 5.32 Å². The Balaban J connectivity index is 1.87. The summed E-state index contributed by atoms with van der Waals surface area (Å²) in [6, 6.07) is 20.5. The molecule has 3 aromatic carbocycles. The quantitative estimate of drug-likeness (QED) is 0.572. The van der Waals surface area contributed by atoms with Crippen molar-refractivity contribution in [1.29, 1.82) is 0 Å². The van der Waals surface area contributed by atoms with Crippen LogP contribution in [-0.4, -0.2) is 5.78 Å². The minimum atomic E-state index is -0.117. The van der Waals surface area contributed by atoms with E-state index in [1.807, 2.05) is 24.3 Å². The molecule has 26 heavy (non-hydrogen) atoms. The van der Waals surface area contributed by atoms with Crippen molar-refractivity contribution in [3.63, 3.8) is 0 Å². The van der Waals surface area contributed by atoms with Gasteiger partial charge in [-0.15, -0.1) is 0 Å². The van der Waals surface area contributed by atoms with Crippen LogP contribution in [0.3, 0.4) is 0 Å². The number of benzene rings is 3. The van der Waals surface area contributed by atoms with Crippen LogP contribution in [0, 0.1) is 0 Å². The van der Waals surface area contributed by atoms with Gasteiger partial charge in [0.1, 0.15) is 0 Å². The number of anilines is 1. The second-order valence-electron chi connectivity index (χ2n) is 7.00. The van der Waals surface area contributed by atoms with Crippen molar-refractivity contribution >= 4 is 33.8 Å². The topological polar surface area (TPSA) is 29.1 Å². The molecule has 0 spiro atoms. The van der Waals surface area contributed by atoms with Crippen LogP contribution < -0.4 is 5.32 Å². The Bertz CT molecular complexity index is 1080. The van der Waals surface area contributed by atoms with Crippen LogP contribution in [0.1, 0.15) is 36.3 Å². The summed E-state index contributed by atoms with van der Waals surface area (Å²) in [6.45, 7) is 0. The van der Waals surface area contributed by atoms with Crippen LogP contribution >= 0.6 is 11.6 Å². The monoisotopic (exact) mass is 359 g/mol. The molecule has 0 unspecified atom stereocenters. The summed E-state index contributed by atoms with van der Waals surface area (Å²) in [5.74, 6) is 0.121. The Hall–Kier alpha value is -2.58. The summed E-state index contributed by atoms with van der Waals surface area (Å²) < 4.78 is 0. The number of nitrogens with one attached hydrogen (secondary N) is 1. The maximum Gasteiger partial charge on any atom is 0.161 e. The summed E-state index contributed by atoms with van der Waals surface area (Å²) >= 11 is 6.60. The predicted molar refractivity (Wildman–Crippen MR) is 107 cm³/mol. The molecule has 0 saturated heterocycles. The first-order valence-electron chi connectivity index (χ1n) is 9.03. The lowest BCUT2D eigenvalue weighted by molar-refractivity contribution is -0.116. The zero-order valence-electron chi connectivity index (χ0n) is 14.3. The van der Waals surface area contributed by atoms with Crippen LogP contribution in [0.5, 0.6) is 0 Å². The molecule has 128 valence electrons. The molecular formula is C23H18ClNO. The van der Waals surface area contributed by atoms with Gasteiger partial charge in [-0.1, -0.05) is 60.1 Å². The lowest BCUT2D eigenvalue weighted by atomic mass is 9.74. The third-order valence-electron chi connectivity index (χ3n) is 5.51. The first kappa shape index (κ1) is 15.7. The summed E-state index contributed by atoms with van der Waals surface area (Å²) in [5.41, 5.74) is 5.21. The highest BCUT2D eigenvalue weighted by atomic mass is 35.5. The number of rotatable bonds is 1. The molecule has 0 fully saturated rings. The van der Waals surface area contributed by atoms with E-state index in [-0.39, 0.29) is 11.7 Å². The smallest absolute Gasteiger partial charge is 0.161 e. The van der Waals surface area contributed by atoms with Gasteiger partial charge in [0.05, 0.1) is 0 Å². The normalized spacial score (nSPS) is 19.1. The van der Waals surface area contributed by atoms with Crippen molar-refractivity contribution in [3.05, 3.63) is 88.1 Å². The van der Waals surface area contributed by atoms with E-state index in [0.717, 1.165) is 40.9 Å². The third-order valence-corrected chi connectivity index (χ3v) is 5.85. The van der Waals surface area contributed by atoms with E-state index < -0.39 is 0 Å². The van der Waals surface area contributed by atoms with Gasteiger partial charge in [0.15, 0.2) is 5.78 Å². The molecule has 0 radical (unpaired) electrons. The number of Topliss-reactive ketones (excluding diaryl/α,β-unsaturated/α-hetero) is 1. The highest BCUT2D eigenvalue weighted by Gasteiger charge is 2.36. The maximum absolute atomic E-state index is 12.9. The SMILES string of the molecule is O=C1CCCC2=C1[C@H](c1ccccc1Cl)c1c(ccc3ccccc13)N2. The maximum atomic E-state index is 12.9. The fourth-order valence-electron chi connectivity index (χ4n) is 4.37. The Morgan fingerprint density at radius 3 is 2.62 bits per heavy atom. The van der Waals surface area contributed by atoms with E-state index >= 15 is 0 Å². The number of allylic oxidation sites excluding steroid dienone is 2. The minimum Gasteiger partial charge on any atom is -0.358 e. The van der Waals surface area contributed by atoms with Crippen molar-refractivity contribution < 1.29 is 4.79 Å². The Kier molecular flexibility index (Phi) is 3.61. The van der Waals surface area contributed by atoms with Gasteiger partial charge in [0, 0.05) is 34.3 Å². The average molecular weight is 360 g/mol. The number of hydrogen-bond acceptors (Lipinski definition) is 2. The molecule has 1 aliphatic carbocycles. The fourth-order valence-corrected chi connectivity index (χ4v) is 4.62. The summed E-state index contributed by atoms with van der Waals surface area (Å²) in [6.07, 6.45) is 2.43. The highest BCUT2D eigenvalue weighted by Crippen LogP contribution is 2.49. The van der Waals surface area contributed by atoms with Crippen LogP contribution in [0.25, 0.3) is 10.8 Å². The molecule has 5 rings (SSSR count).